The Morgan fingerprint density at radius 3 is 2.82 bits per heavy atom. The van der Waals surface area contributed by atoms with Gasteiger partial charge in [-0.2, -0.15) is 5.10 Å². The van der Waals surface area contributed by atoms with Crippen LogP contribution in [0.1, 0.15) is 67.9 Å². The van der Waals surface area contributed by atoms with E-state index in [9.17, 15) is 0 Å². The van der Waals surface area contributed by atoms with Gasteiger partial charge in [0, 0.05) is 5.69 Å². The number of fused-ring (bicyclic) bond motifs is 1. The van der Waals surface area contributed by atoms with Crippen LogP contribution in [-0.2, 0) is 12.8 Å². The summed E-state index contributed by atoms with van der Waals surface area (Å²) in [6, 6.07) is 0.510. The Labute approximate surface area is 103 Å². The van der Waals surface area contributed by atoms with Crippen LogP contribution in [0.4, 0.5) is 0 Å². The Hall–Kier alpha value is -0.830. The second-order valence-electron chi connectivity index (χ2n) is 5.48. The van der Waals surface area contributed by atoms with E-state index >= 15 is 0 Å². The summed E-state index contributed by atoms with van der Waals surface area (Å²) in [5.41, 5.74) is 4.30. The van der Waals surface area contributed by atoms with Crippen molar-refractivity contribution < 1.29 is 0 Å². The van der Waals surface area contributed by atoms with E-state index in [-0.39, 0.29) is 0 Å². The highest BCUT2D eigenvalue weighted by atomic mass is 15.1. The highest BCUT2D eigenvalue weighted by Crippen LogP contribution is 2.29. The van der Waals surface area contributed by atoms with Crippen LogP contribution in [0.2, 0.25) is 0 Å². The lowest BCUT2D eigenvalue weighted by molar-refractivity contribution is 0.516. The van der Waals surface area contributed by atoms with Crippen molar-refractivity contribution in [1.82, 2.24) is 15.5 Å². The lowest BCUT2D eigenvalue weighted by atomic mass is 10.00. The molecule has 1 saturated heterocycles. The molecule has 1 atom stereocenters. The van der Waals surface area contributed by atoms with Gasteiger partial charge in [-0.25, -0.2) is 0 Å². The fourth-order valence-electron chi connectivity index (χ4n) is 3.23. The third-order valence-corrected chi connectivity index (χ3v) is 4.23. The van der Waals surface area contributed by atoms with Crippen LogP contribution >= 0.6 is 0 Å². The molecule has 3 heteroatoms. The fourth-order valence-corrected chi connectivity index (χ4v) is 3.23. The first-order valence-corrected chi connectivity index (χ1v) is 7.24. The first-order valence-electron chi connectivity index (χ1n) is 7.24. The summed E-state index contributed by atoms with van der Waals surface area (Å²) >= 11 is 0. The zero-order valence-corrected chi connectivity index (χ0v) is 10.6. The molecule has 0 aromatic carbocycles. The predicted molar refractivity (Wildman–Crippen MR) is 69.1 cm³/mol. The van der Waals surface area contributed by atoms with Crippen molar-refractivity contribution in [1.29, 1.82) is 0 Å². The van der Waals surface area contributed by atoms with Gasteiger partial charge in [0.1, 0.15) is 0 Å². The van der Waals surface area contributed by atoms with Crippen LogP contribution in [0, 0.1) is 0 Å². The van der Waals surface area contributed by atoms with Crippen LogP contribution in [0.5, 0.6) is 0 Å². The van der Waals surface area contributed by atoms with Crippen molar-refractivity contribution in [2.45, 2.75) is 63.8 Å². The number of aromatic nitrogens is 2. The van der Waals surface area contributed by atoms with Crippen LogP contribution in [0.3, 0.4) is 0 Å². The van der Waals surface area contributed by atoms with E-state index in [1.165, 1.54) is 69.2 Å². The smallest absolute Gasteiger partial charge is 0.0826 e. The minimum absolute atomic E-state index is 0.510. The van der Waals surface area contributed by atoms with Gasteiger partial charge in [-0.1, -0.05) is 19.3 Å². The molecule has 1 unspecified atom stereocenters. The predicted octanol–water partition coefficient (Wildman–Crippen LogP) is 2.88. The van der Waals surface area contributed by atoms with Crippen LogP contribution in [-0.4, -0.2) is 16.7 Å². The normalized spacial score (nSPS) is 26.0. The summed E-state index contributed by atoms with van der Waals surface area (Å²) in [6.45, 7) is 1.16. The molecule has 0 amide bonds. The van der Waals surface area contributed by atoms with E-state index in [0.717, 1.165) is 6.54 Å². The monoisotopic (exact) mass is 233 g/mol. The number of aromatic amines is 1. The number of rotatable bonds is 1. The van der Waals surface area contributed by atoms with Gasteiger partial charge < -0.3 is 5.32 Å². The topological polar surface area (TPSA) is 40.7 Å². The summed E-state index contributed by atoms with van der Waals surface area (Å²) in [5, 5.41) is 11.6. The highest BCUT2D eigenvalue weighted by molar-refractivity contribution is 5.29. The van der Waals surface area contributed by atoms with Crippen molar-refractivity contribution >= 4 is 0 Å². The van der Waals surface area contributed by atoms with Gasteiger partial charge in [-0.15, -0.1) is 0 Å². The summed E-state index contributed by atoms with van der Waals surface area (Å²) in [5.74, 6) is 0. The molecule has 0 saturated carbocycles. The number of aryl methyl sites for hydroxylation is 1. The Morgan fingerprint density at radius 1 is 0.941 bits per heavy atom. The standard InChI is InChI=1S/C14H23N3/c1-3-7-11-12(8-4-1)16-17-14(11)13-9-5-2-6-10-15-13/h13,15H,1-10H2,(H,16,17). The summed E-state index contributed by atoms with van der Waals surface area (Å²) in [4.78, 5) is 0. The second kappa shape index (κ2) is 5.21. The highest BCUT2D eigenvalue weighted by Gasteiger charge is 2.22. The molecule has 3 rings (SSSR count). The number of H-pyrrole nitrogens is 1. The molecule has 0 bridgehead atoms. The average molecular weight is 233 g/mol. The molecule has 2 heterocycles. The van der Waals surface area contributed by atoms with E-state index in [2.05, 4.69) is 15.5 Å². The van der Waals surface area contributed by atoms with Crippen molar-refractivity contribution in [2.75, 3.05) is 6.54 Å². The van der Waals surface area contributed by atoms with Crippen molar-refractivity contribution in [3.8, 4) is 0 Å². The molecule has 0 spiro atoms. The van der Waals surface area contributed by atoms with Crippen molar-refractivity contribution in [3.05, 3.63) is 17.0 Å². The quantitative estimate of drug-likeness (QED) is 0.732. The van der Waals surface area contributed by atoms with Crippen molar-refractivity contribution in [3.63, 3.8) is 0 Å². The van der Waals surface area contributed by atoms with Gasteiger partial charge in [0.15, 0.2) is 0 Å². The molecule has 1 aromatic rings. The van der Waals surface area contributed by atoms with Crippen LogP contribution in [0.15, 0.2) is 0 Å². The van der Waals surface area contributed by atoms with Crippen LogP contribution < -0.4 is 5.32 Å². The van der Waals surface area contributed by atoms with E-state index in [1.807, 2.05) is 0 Å². The molecular formula is C14H23N3. The third-order valence-electron chi connectivity index (χ3n) is 4.23. The van der Waals surface area contributed by atoms with Gasteiger partial charge >= 0.3 is 0 Å². The second-order valence-corrected chi connectivity index (χ2v) is 5.48. The summed E-state index contributed by atoms with van der Waals surface area (Å²) < 4.78 is 0. The minimum Gasteiger partial charge on any atom is -0.309 e. The zero-order chi connectivity index (χ0) is 11.5. The van der Waals surface area contributed by atoms with E-state index in [1.54, 1.807) is 5.56 Å². The molecule has 1 fully saturated rings. The molecule has 3 nitrogen and oxygen atoms in total. The molecule has 1 aromatic heterocycles. The largest absolute Gasteiger partial charge is 0.309 e. The minimum atomic E-state index is 0.510. The van der Waals surface area contributed by atoms with Crippen molar-refractivity contribution in [2.24, 2.45) is 0 Å². The van der Waals surface area contributed by atoms with Gasteiger partial charge in [0.2, 0.25) is 0 Å². The number of hydrogen-bond acceptors (Lipinski definition) is 2. The molecule has 1 aliphatic carbocycles. The maximum atomic E-state index is 4.62. The Morgan fingerprint density at radius 2 is 1.82 bits per heavy atom. The van der Waals surface area contributed by atoms with Gasteiger partial charge in [-0.05, 0) is 50.6 Å². The van der Waals surface area contributed by atoms with E-state index < -0.39 is 0 Å². The zero-order valence-electron chi connectivity index (χ0n) is 10.6. The lowest BCUT2D eigenvalue weighted by Gasteiger charge is -2.15. The summed E-state index contributed by atoms with van der Waals surface area (Å²) in [6.07, 6.45) is 11.8. The number of nitrogens with zero attached hydrogens (tertiary/aromatic N) is 1. The van der Waals surface area contributed by atoms with Gasteiger partial charge in [0.05, 0.1) is 11.7 Å². The first kappa shape index (κ1) is 11.3. The molecule has 0 radical (unpaired) electrons. The van der Waals surface area contributed by atoms with Gasteiger partial charge in [-0.3, -0.25) is 5.10 Å². The van der Waals surface area contributed by atoms with Gasteiger partial charge in [0.25, 0.3) is 0 Å². The van der Waals surface area contributed by atoms with E-state index in [4.69, 9.17) is 0 Å². The maximum Gasteiger partial charge on any atom is 0.0826 e. The number of hydrogen-bond donors (Lipinski definition) is 2. The molecule has 1 aliphatic heterocycles. The molecule has 2 N–H and O–H groups in total. The lowest BCUT2D eigenvalue weighted by Crippen LogP contribution is -2.21. The third kappa shape index (κ3) is 2.39. The Balaban J connectivity index is 1.84. The number of nitrogens with one attached hydrogen (secondary N) is 2. The van der Waals surface area contributed by atoms with Crippen LogP contribution in [0.25, 0.3) is 0 Å². The fraction of sp³-hybridized carbons (Fsp3) is 0.786. The summed E-state index contributed by atoms with van der Waals surface area (Å²) in [7, 11) is 0. The molecular weight excluding hydrogens is 210 g/mol. The Bertz CT molecular complexity index is 362. The first-order chi connectivity index (χ1) is 8.45. The molecule has 94 valence electrons. The Kier molecular flexibility index (Phi) is 3.46. The maximum absolute atomic E-state index is 4.62. The average Bonchev–Trinajstić information content (AvgIpc) is 2.60. The van der Waals surface area contributed by atoms with E-state index in [0.29, 0.717) is 6.04 Å². The SMILES string of the molecule is C1CCc2[nH]nc(C3CCCCCN3)c2CC1. The molecule has 17 heavy (non-hydrogen) atoms. The molecule has 2 aliphatic rings.